The second-order valence-corrected chi connectivity index (χ2v) is 6.03. The maximum atomic E-state index is 12.2. The van der Waals surface area contributed by atoms with Gasteiger partial charge in [0.05, 0.1) is 15.7 Å². The Morgan fingerprint density at radius 2 is 2.32 bits per heavy atom. The average molecular weight is 275 g/mol. The number of nitrogens with one attached hydrogen (secondary N) is 1. The molecular formula is C14H17N3OS. The Bertz CT molecular complexity index is 595. The van der Waals surface area contributed by atoms with E-state index >= 15 is 0 Å². The van der Waals surface area contributed by atoms with E-state index in [9.17, 15) is 4.79 Å². The number of rotatable bonds is 2. The van der Waals surface area contributed by atoms with Crippen LogP contribution in [-0.2, 0) is 4.79 Å². The number of nitrogens with zero attached hydrogens (tertiary/aromatic N) is 1. The van der Waals surface area contributed by atoms with Gasteiger partial charge in [-0.05, 0) is 37.5 Å². The number of hydrogen-bond donors (Lipinski definition) is 2. The fourth-order valence-corrected chi connectivity index (χ4v) is 3.30. The van der Waals surface area contributed by atoms with Gasteiger partial charge in [0.2, 0.25) is 5.91 Å². The molecule has 1 saturated carbocycles. The zero-order chi connectivity index (χ0) is 13.2. The van der Waals surface area contributed by atoms with E-state index in [-0.39, 0.29) is 17.9 Å². The van der Waals surface area contributed by atoms with Gasteiger partial charge >= 0.3 is 0 Å². The number of nitrogens with two attached hydrogens (primary N) is 1. The van der Waals surface area contributed by atoms with Crippen LogP contribution in [0.3, 0.4) is 0 Å². The summed E-state index contributed by atoms with van der Waals surface area (Å²) in [6.07, 6.45) is 3.82. The highest BCUT2D eigenvalue weighted by Gasteiger charge is 2.25. The number of carbonyl (C=O) groups excluding carboxylic acids is 1. The molecule has 0 spiro atoms. The Morgan fingerprint density at radius 3 is 3.16 bits per heavy atom. The van der Waals surface area contributed by atoms with E-state index in [1.54, 1.807) is 11.3 Å². The molecule has 100 valence electrons. The van der Waals surface area contributed by atoms with E-state index in [2.05, 4.69) is 10.3 Å². The lowest BCUT2D eigenvalue weighted by molar-refractivity contribution is -0.120. The van der Waals surface area contributed by atoms with Gasteiger partial charge in [-0.25, -0.2) is 4.98 Å². The number of benzene rings is 1. The SMILES string of the molecule is NC1CCCC(C(=O)Nc2ccc3scnc3c2)C1. The van der Waals surface area contributed by atoms with Gasteiger partial charge in [-0.3, -0.25) is 4.79 Å². The van der Waals surface area contributed by atoms with Crippen LogP contribution in [0.25, 0.3) is 10.2 Å². The first-order chi connectivity index (χ1) is 9.22. The largest absolute Gasteiger partial charge is 0.328 e. The molecule has 3 rings (SSSR count). The predicted octanol–water partition coefficient (Wildman–Crippen LogP) is 2.75. The first kappa shape index (κ1) is 12.6. The van der Waals surface area contributed by atoms with Gasteiger partial charge in [0.1, 0.15) is 0 Å². The number of carbonyl (C=O) groups is 1. The summed E-state index contributed by atoms with van der Waals surface area (Å²) < 4.78 is 1.14. The van der Waals surface area contributed by atoms with E-state index < -0.39 is 0 Å². The average Bonchev–Trinajstić information content (AvgIpc) is 2.86. The van der Waals surface area contributed by atoms with Crippen molar-refractivity contribution in [3.8, 4) is 0 Å². The van der Waals surface area contributed by atoms with Gasteiger partial charge < -0.3 is 11.1 Å². The number of fused-ring (bicyclic) bond motifs is 1. The molecule has 2 unspecified atom stereocenters. The summed E-state index contributed by atoms with van der Waals surface area (Å²) in [5.74, 6) is 0.139. The molecule has 1 heterocycles. The Morgan fingerprint density at radius 1 is 1.42 bits per heavy atom. The van der Waals surface area contributed by atoms with E-state index in [0.29, 0.717) is 0 Å². The van der Waals surface area contributed by atoms with Crippen LogP contribution in [0.5, 0.6) is 0 Å². The van der Waals surface area contributed by atoms with Gasteiger partial charge in [0.15, 0.2) is 0 Å². The minimum absolute atomic E-state index is 0.0508. The monoisotopic (exact) mass is 275 g/mol. The minimum atomic E-state index is 0.0508. The summed E-state index contributed by atoms with van der Waals surface area (Å²) in [4.78, 5) is 16.5. The summed E-state index contributed by atoms with van der Waals surface area (Å²) in [5, 5.41) is 2.98. The lowest BCUT2D eigenvalue weighted by atomic mass is 9.85. The number of hydrogen-bond acceptors (Lipinski definition) is 4. The molecule has 4 nitrogen and oxygen atoms in total. The second kappa shape index (κ2) is 5.27. The van der Waals surface area contributed by atoms with Crippen molar-refractivity contribution in [2.75, 3.05) is 5.32 Å². The van der Waals surface area contributed by atoms with Crippen LogP contribution in [0.1, 0.15) is 25.7 Å². The Kier molecular flexibility index (Phi) is 3.48. The van der Waals surface area contributed by atoms with Crippen LogP contribution < -0.4 is 11.1 Å². The van der Waals surface area contributed by atoms with Crippen molar-refractivity contribution in [1.82, 2.24) is 4.98 Å². The number of anilines is 1. The molecule has 3 N–H and O–H groups in total. The van der Waals surface area contributed by atoms with Crippen molar-refractivity contribution in [2.24, 2.45) is 11.7 Å². The molecule has 0 bridgehead atoms. The lowest BCUT2D eigenvalue weighted by Crippen LogP contribution is -2.34. The van der Waals surface area contributed by atoms with Crippen LogP contribution in [0.4, 0.5) is 5.69 Å². The minimum Gasteiger partial charge on any atom is -0.328 e. The second-order valence-electron chi connectivity index (χ2n) is 5.15. The van der Waals surface area contributed by atoms with Gasteiger partial charge in [-0.15, -0.1) is 11.3 Å². The van der Waals surface area contributed by atoms with Crippen molar-refractivity contribution in [3.63, 3.8) is 0 Å². The fraction of sp³-hybridized carbons (Fsp3) is 0.429. The smallest absolute Gasteiger partial charge is 0.227 e. The van der Waals surface area contributed by atoms with Crippen molar-refractivity contribution in [2.45, 2.75) is 31.7 Å². The zero-order valence-corrected chi connectivity index (χ0v) is 11.5. The number of thiazole rings is 1. The molecule has 1 aromatic carbocycles. The number of amides is 1. The highest BCUT2D eigenvalue weighted by atomic mass is 32.1. The van der Waals surface area contributed by atoms with Gasteiger partial charge in [0.25, 0.3) is 0 Å². The Balaban J connectivity index is 1.71. The predicted molar refractivity (Wildman–Crippen MR) is 78.2 cm³/mol. The molecule has 19 heavy (non-hydrogen) atoms. The molecule has 1 aromatic heterocycles. The standard InChI is InChI=1S/C14H17N3OS/c15-10-3-1-2-9(6-10)14(18)17-11-4-5-13-12(7-11)16-8-19-13/h4-5,7-10H,1-3,6,15H2,(H,17,18). The molecule has 5 heteroatoms. The van der Waals surface area contributed by atoms with Crippen LogP contribution >= 0.6 is 11.3 Å². The fourth-order valence-electron chi connectivity index (χ4n) is 2.65. The third-order valence-electron chi connectivity index (χ3n) is 3.68. The third kappa shape index (κ3) is 2.77. The highest BCUT2D eigenvalue weighted by Crippen LogP contribution is 2.26. The molecule has 0 aliphatic heterocycles. The molecule has 1 aliphatic carbocycles. The van der Waals surface area contributed by atoms with Crippen LogP contribution in [0, 0.1) is 5.92 Å². The first-order valence-corrected chi connectivity index (χ1v) is 7.50. The molecule has 1 amide bonds. The van der Waals surface area contributed by atoms with Crippen LogP contribution in [-0.4, -0.2) is 16.9 Å². The quantitative estimate of drug-likeness (QED) is 0.885. The van der Waals surface area contributed by atoms with E-state index in [1.807, 2.05) is 23.7 Å². The van der Waals surface area contributed by atoms with E-state index in [4.69, 9.17) is 5.73 Å². The molecule has 2 atom stereocenters. The maximum absolute atomic E-state index is 12.2. The Labute approximate surface area is 116 Å². The summed E-state index contributed by atoms with van der Waals surface area (Å²) in [6, 6.07) is 6.02. The van der Waals surface area contributed by atoms with E-state index in [1.165, 1.54) is 0 Å². The van der Waals surface area contributed by atoms with Crippen molar-refractivity contribution < 1.29 is 4.79 Å². The summed E-state index contributed by atoms with van der Waals surface area (Å²) in [7, 11) is 0. The van der Waals surface area contributed by atoms with E-state index in [0.717, 1.165) is 41.6 Å². The summed E-state index contributed by atoms with van der Waals surface area (Å²) in [5.41, 5.74) is 9.50. The van der Waals surface area contributed by atoms with Crippen molar-refractivity contribution >= 4 is 33.1 Å². The Hall–Kier alpha value is -1.46. The lowest BCUT2D eigenvalue weighted by Gasteiger charge is -2.25. The third-order valence-corrected chi connectivity index (χ3v) is 4.49. The maximum Gasteiger partial charge on any atom is 0.227 e. The molecule has 1 aliphatic rings. The first-order valence-electron chi connectivity index (χ1n) is 6.62. The van der Waals surface area contributed by atoms with Crippen molar-refractivity contribution in [1.29, 1.82) is 0 Å². The van der Waals surface area contributed by atoms with Gasteiger partial charge in [0, 0.05) is 17.6 Å². The summed E-state index contributed by atoms with van der Waals surface area (Å²) >= 11 is 1.60. The molecule has 2 aromatic rings. The number of aromatic nitrogens is 1. The topological polar surface area (TPSA) is 68.0 Å². The molecule has 1 fully saturated rings. The van der Waals surface area contributed by atoms with Gasteiger partial charge in [-0.2, -0.15) is 0 Å². The highest BCUT2D eigenvalue weighted by molar-refractivity contribution is 7.16. The molecular weight excluding hydrogens is 258 g/mol. The molecule has 0 saturated heterocycles. The van der Waals surface area contributed by atoms with Gasteiger partial charge in [-0.1, -0.05) is 6.42 Å². The molecule has 0 radical (unpaired) electrons. The normalized spacial score (nSPS) is 23.4. The zero-order valence-electron chi connectivity index (χ0n) is 10.6. The summed E-state index contributed by atoms with van der Waals surface area (Å²) in [6.45, 7) is 0. The van der Waals surface area contributed by atoms with Crippen molar-refractivity contribution in [3.05, 3.63) is 23.7 Å². The van der Waals surface area contributed by atoms with Crippen LogP contribution in [0.15, 0.2) is 23.7 Å². The van der Waals surface area contributed by atoms with Crippen LogP contribution in [0.2, 0.25) is 0 Å².